The minimum absolute atomic E-state index is 0.0752. The monoisotopic (exact) mass is 215 g/mol. The van der Waals surface area contributed by atoms with Crippen LogP contribution in [0.1, 0.15) is 17.3 Å². The average molecular weight is 215 g/mol. The number of fused-ring (bicyclic) bond motifs is 2. The molecule has 0 spiro atoms. The zero-order chi connectivity index (χ0) is 11.1. The predicted octanol–water partition coefficient (Wildman–Crippen LogP) is 1.16. The van der Waals surface area contributed by atoms with E-state index in [9.17, 15) is 4.79 Å². The molecule has 4 heteroatoms. The SMILES string of the molecule is CC1=Nc2ccccc2C(=O)N2CNC[C@@H]12. The maximum absolute atomic E-state index is 12.3. The standard InChI is InChI=1S/C12H13N3O/c1-8-11-6-13-7-15(11)12(16)9-4-2-3-5-10(9)14-8/h2-5,11,13H,6-7H2,1H3/t11-/m0/s1. The molecule has 1 amide bonds. The molecule has 0 aliphatic carbocycles. The molecular formula is C12H13N3O. The molecule has 0 bridgehead atoms. The summed E-state index contributed by atoms with van der Waals surface area (Å²) < 4.78 is 0. The molecule has 1 aromatic carbocycles. The van der Waals surface area contributed by atoms with Gasteiger partial charge in [0.05, 0.1) is 24.0 Å². The molecular weight excluding hydrogens is 202 g/mol. The third-order valence-electron chi connectivity index (χ3n) is 3.17. The highest BCUT2D eigenvalue weighted by molar-refractivity contribution is 6.06. The highest BCUT2D eigenvalue weighted by atomic mass is 16.2. The number of nitrogens with one attached hydrogen (secondary N) is 1. The molecule has 2 heterocycles. The molecule has 2 aliphatic rings. The van der Waals surface area contributed by atoms with E-state index in [0.29, 0.717) is 12.2 Å². The lowest BCUT2D eigenvalue weighted by molar-refractivity contribution is 0.0772. The summed E-state index contributed by atoms with van der Waals surface area (Å²) in [5.41, 5.74) is 2.50. The molecule has 1 fully saturated rings. The van der Waals surface area contributed by atoms with Gasteiger partial charge in [-0.05, 0) is 19.1 Å². The summed E-state index contributed by atoms with van der Waals surface area (Å²) in [5.74, 6) is 0.0752. The van der Waals surface area contributed by atoms with Crippen LogP contribution in [0.25, 0.3) is 0 Å². The van der Waals surface area contributed by atoms with Gasteiger partial charge >= 0.3 is 0 Å². The van der Waals surface area contributed by atoms with E-state index in [0.717, 1.165) is 17.9 Å². The van der Waals surface area contributed by atoms with Crippen molar-refractivity contribution in [3.05, 3.63) is 29.8 Å². The van der Waals surface area contributed by atoms with Crippen LogP contribution in [0, 0.1) is 0 Å². The molecule has 2 aliphatic heterocycles. The average Bonchev–Trinajstić information content (AvgIpc) is 2.74. The zero-order valence-electron chi connectivity index (χ0n) is 9.10. The molecule has 82 valence electrons. The first-order valence-corrected chi connectivity index (χ1v) is 5.43. The minimum atomic E-state index is 0.0752. The van der Waals surface area contributed by atoms with Crippen molar-refractivity contribution in [3.8, 4) is 0 Å². The normalized spacial score (nSPS) is 23.6. The van der Waals surface area contributed by atoms with Gasteiger partial charge in [0.2, 0.25) is 0 Å². The third-order valence-corrected chi connectivity index (χ3v) is 3.17. The van der Waals surface area contributed by atoms with E-state index >= 15 is 0 Å². The lowest BCUT2D eigenvalue weighted by Crippen LogP contribution is -2.39. The lowest BCUT2D eigenvalue weighted by Gasteiger charge is -2.20. The Hall–Kier alpha value is -1.68. The fourth-order valence-corrected chi connectivity index (χ4v) is 2.30. The van der Waals surface area contributed by atoms with Gasteiger partial charge < -0.3 is 4.90 Å². The lowest BCUT2D eigenvalue weighted by atomic mass is 10.1. The van der Waals surface area contributed by atoms with E-state index < -0.39 is 0 Å². The summed E-state index contributed by atoms with van der Waals surface area (Å²) in [4.78, 5) is 18.7. The van der Waals surface area contributed by atoms with Gasteiger partial charge in [-0.2, -0.15) is 0 Å². The van der Waals surface area contributed by atoms with Crippen LogP contribution in [0.2, 0.25) is 0 Å². The predicted molar refractivity (Wildman–Crippen MR) is 62.0 cm³/mol. The van der Waals surface area contributed by atoms with E-state index in [1.165, 1.54) is 0 Å². The topological polar surface area (TPSA) is 44.7 Å². The number of hydrogen-bond donors (Lipinski definition) is 1. The van der Waals surface area contributed by atoms with Crippen LogP contribution >= 0.6 is 0 Å². The van der Waals surface area contributed by atoms with Crippen molar-refractivity contribution in [1.82, 2.24) is 10.2 Å². The highest BCUT2D eigenvalue weighted by Crippen LogP contribution is 2.26. The molecule has 4 nitrogen and oxygen atoms in total. The number of para-hydroxylation sites is 1. The van der Waals surface area contributed by atoms with Gasteiger partial charge in [-0.1, -0.05) is 12.1 Å². The maximum Gasteiger partial charge on any atom is 0.257 e. The zero-order valence-corrected chi connectivity index (χ0v) is 9.10. The Morgan fingerprint density at radius 2 is 2.25 bits per heavy atom. The maximum atomic E-state index is 12.3. The summed E-state index contributed by atoms with van der Waals surface area (Å²) in [7, 11) is 0. The molecule has 1 saturated heterocycles. The number of benzene rings is 1. The van der Waals surface area contributed by atoms with Crippen molar-refractivity contribution in [2.75, 3.05) is 13.2 Å². The van der Waals surface area contributed by atoms with Crippen LogP contribution in [0.4, 0.5) is 5.69 Å². The van der Waals surface area contributed by atoms with Crippen LogP contribution in [0.5, 0.6) is 0 Å². The summed E-state index contributed by atoms with van der Waals surface area (Å²) in [6.45, 7) is 3.40. The molecule has 1 aromatic rings. The number of hydrogen-bond acceptors (Lipinski definition) is 3. The molecule has 1 atom stereocenters. The van der Waals surface area contributed by atoms with Crippen LogP contribution < -0.4 is 5.32 Å². The van der Waals surface area contributed by atoms with Crippen molar-refractivity contribution in [3.63, 3.8) is 0 Å². The second kappa shape index (κ2) is 3.42. The summed E-state index contributed by atoms with van der Waals surface area (Å²) >= 11 is 0. The number of nitrogens with zero attached hydrogens (tertiary/aromatic N) is 2. The Kier molecular flexibility index (Phi) is 2.04. The van der Waals surface area contributed by atoms with Crippen molar-refractivity contribution in [2.24, 2.45) is 4.99 Å². The summed E-state index contributed by atoms with van der Waals surface area (Å²) in [6.07, 6.45) is 0. The van der Waals surface area contributed by atoms with Crippen molar-refractivity contribution in [1.29, 1.82) is 0 Å². The van der Waals surface area contributed by atoms with E-state index in [1.54, 1.807) is 0 Å². The first kappa shape index (κ1) is 9.54. The number of aliphatic imine (C=N–C) groups is 1. The quantitative estimate of drug-likeness (QED) is 0.706. The van der Waals surface area contributed by atoms with Gasteiger partial charge in [-0.15, -0.1) is 0 Å². The van der Waals surface area contributed by atoms with E-state index in [2.05, 4.69) is 10.3 Å². The first-order chi connectivity index (χ1) is 7.77. The molecule has 16 heavy (non-hydrogen) atoms. The second-order valence-electron chi connectivity index (χ2n) is 4.17. The fraction of sp³-hybridized carbons (Fsp3) is 0.333. The minimum Gasteiger partial charge on any atom is -0.316 e. The molecule has 0 radical (unpaired) electrons. The molecule has 3 rings (SSSR count). The van der Waals surface area contributed by atoms with Crippen LogP contribution in [-0.2, 0) is 0 Å². The van der Waals surface area contributed by atoms with Crippen molar-refractivity contribution >= 4 is 17.3 Å². The van der Waals surface area contributed by atoms with Crippen molar-refractivity contribution in [2.45, 2.75) is 13.0 Å². The van der Waals surface area contributed by atoms with Crippen molar-refractivity contribution < 1.29 is 4.79 Å². The van der Waals surface area contributed by atoms with Gasteiger partial charge in [0.25, 0.3) is 5.91 Å². The Morgan fingerprint density at radius 3 is 3.12 bits per heavy atom. The van der Waals surface area contributed by atoms with E-state index in [1.807, 2.05) is 36.1 Å². The van der Waals surface area contributed by atoms with E-state index in [-0.39, 0.29) is 11.9 Å². The van der Waals surface area contributed by atoms with Gasteiger partial charge in [-0.25, -0.2) is 0 Å². The van der Waals surface area contributed by atoms with Crippen LogP contribution in [0.3, 0.4) is 0 Å². The highest BCUT2D eigenvalue weighted by Gasteiger charge is 2.34. The van der Waals surface area contributed by atoms with Gasteiger partial charge in [0.15, 0.2) is 0 Å². The number of rotatable bonds is 0. The summed E-state index contributed by atoms with van der Waals surface area (Å²) in [5, 5.41) is 3.21. The van der Waals surface area contributed by atoms with Crippen LogP contribution in [-0.4, -0.2) is 35.8 Å². The Balaban J connectivity index is 2.17. The van der Waals surface area contributed by atoms with Crippen LogP contribution in [0.15, 0.2) is 29.3 Å². The molecule has 0 aromatic heterocycles. The Bertz CT molecular complexity index is 481. The summed E-state index contributed by atoms with van der Waals surface area (Å²) in [6, 6.07) is 7.64. The Morgan fingerprint density at radius 1 is 1.44 bits per heavy atom. The smallest absolute Gasteiger partial charge is 0.257 e. The molecule has 0 unspecified atom stereocenters. The Labute approximate surface area is 94.0 Å². The molecule has 0 saturated carbocycles. The van der Waals surface area contributed by atoms with Gasteiger partial charge in [0, 0.05) is 12.3 Å². The largest absolute Gasteiger partial charge is 0.316 e. The second-order valence-corrected chi connectivity index (χ2v) is 4.17. The first-order valence-electron chi connectivity index (χ1n) is 5.43. The number of amides is 1. The molecule has 1 N–H and O–H groups in total. The number of carbonyl (C=O) groups is 1. The van der Waals surface area contributed by atoms with Gasteiger partial charge in [0.1, 0.15) is 0 Å². The number of carbonyl (C=O) groups excluding carboxylic acids is 1. The third kappa shape index (κ3) is 1.27. The van der Waals surface area contributed by atoms with Gasteiger partial charge in [-0.3, -0.25) is 15.1 Å². The fourth-order valence-electron chi connectivity index (χ4n) is 2.30. The van der Waals surface area contributed by atoms with E-state index in [4.69, 9.17) is 0 Å².